The monoisotopic (exact) mass is 812 g/mol. The molecule has 0 fully saturated rings. The maximum absolute atomic E-state index is 12.6. The summed E-state index contributed by atoms with van der Waals surface area (Å²) in [5.74, 6) is 0.245. The van der Waals surface area contributed by atoms with Crippen molar-refractivity contribution >= 4 is 34.7 Å². The minimum atomic E-state index is -0.521. The van der Waals surface area contributed by atoms with Crippen molar-refractivity contribution < 1.29 is 47.5 Å². The van der Waals surface area contributed by atoms with Crippen molar-refractivity contribution in [1.29, 1.82) is 0 Å². The van der Waals surface area contributed by atoms with E-state index in [9.17, 15) is 9.59 Å². The van der Waals surface area contributed by atoms with E-state index in [1.165, 1.54) is 0 Å². The van der Waals surface area contributed by atoms with Gasteiger partial charge in [0.15, 0.2) is 0 Å². The number of aryl methyl sites for hydroxylation is 1. The maximum atomic E-state index is 12.6. The number of rotatable bonds is 30. The summed E-state index contributed by atoms with van der Waals surface area (Å²) in [6.07, 6.45) is 6.18. The number of H-pyrrole nitrogens is 1. The molecule has 18 nitrogen and oxygen atoms in total. The fraction of sp³-hybridized carbons (Fsp3) is 0.575. The third-order valence-corrected chi connectivity index (χ3v) is 7.86. The van der Waals surface area contributed by atoms with Crippen LogP contribution in [-0.4, -0.2) is 148 Å². The number of carbonyl (C=O) groups excluding carboxylic acids is 2. The number of hydrogen-bond donors (Lipinski definition) is 4. The Kier molecular flexibility index (Phi) is 20.9. The standard InChI is InChI=1S/C40H60N8O10/c1-5-14-48-30-32(29-44-48)35-34-10-11-41-36(34)47-38(46-35)45-33-8-6-31(7-9-33)37(49)42-12-15-51-17-19-53-21-23-55-25-27-57-28-26-56-24-22-54-20-18-52-16-13-43-39(50)58-40(2,3)4/h6-11,29-30H,5,12-28H2,1-4H3,(H,42,49)(H,43,50)(H2,41,45,46,47). The van der Waals surface area contributed by atoms with Crippen LogP contribution < -0.4 is 16.0 Å². The number of anilines is 2. The Bertz CT molecular complexity index is 1750. The van der Waals surface area contributed by atoms with Gasteiger partial charge >= 0.3 is 6.09 Å². The van der Waals surface area contributed by atoms with E-state index in [-0.39, 0.29) is 5.91 Å². The van der Waals surface area contributed by atoms with Crippen molar-refractivity contribution in [1.82, 2.24) is 35.4 Å². The van der Waals surface area contributed by atoms with E-state index in [2.05, 4.69) is 37.9 Å². The number of benzene rings is 1. The number of alkyl carbamates (subject to hydrolysis) is 1. The van der Waals surface area contributed by atoms with Crippen molar-refractivity contribution in [3.05, 3.63) is 54.5 Å². The Morgan fingerprint density at radius 3 is 1.78 bits per heavy atom. The van der Waals surface area contributed by atoms with Crippen molar-refractivity contribution in [2.45, 2.75) is 46.3 Å². The van der Waals surface area contributed by atoms with E-state index in [4.69, 9.17) is 42.9 Å². The molecule has 4 N–H and O–H groups in total. The summed E-state index contributed by atoms with van der Waals surface area (Å²) in [6, 6.07) is 9.08. The second-order valence-corrected chi connectivity index (χ2v) is 13.8. The highest BCUT2D eigenvalue weighted by atomic mass is 16.6. The molecule has 0 saturated heterocycles. The van der Waals surface area contributed by atoms with Gasteiger partial charge in [0, 0.05) is 54.2 Å². The van der Waals surface area contributed by atoms with E-state index >= 15 is 0 Å². The number of amides is 2. The van der Waals surface area contributed by atoms with Crippen LogP contribution in [0, 0.1) is 0 Å². The van der Waals surface area contributed by atoms with Crippen LogP contribution >= 0.6 is 0 Å². The SMILES string of the molecule is CCCn1cc(-c2nc(Nc3ccc(C(=O)NCCOCCOCCOCCOCCOCCOCCOCCNC(=O)OC(C)(C)C)cc3)nc3[nH]ccc23)cn1. The molecule has 0 radical (unpaired) electrons. The van der Waals surface area contributed by atoms with Gasteiger partial charge in [0.1, 0.15) is 11.2 Å². The summed E-state index contributed by atoms with van der Waals surface area (Å²) >= 11 is 0. The number of nitrogens with one attached hydrogen (secondary N) is 4. The van der Waals surface area contributed by atoms with Crippen LogP contribution in [0.5, 0.6) is 0 Å². The molecule has 4 rings (SSSR count). The molecule has 2 amide bonds. The first-order valence-corrected chi connectivity index (χ1v) is 19.8. The minimum Gasteiger partial charge on any atom is -0.444 e. The molecule has 0 saturated carbocycles. The maximum Gasteiger partial charge on any atom is 0.407 e. The van der Waals surface area contributed by atoms with Gasteiger partial charge in [-0.2, -0.15) is 10.1 Å². The molecule has 0 aliphatic heterocycles. The zero-order valence-corrected chi connectivity index (χ0v) is 34.2. The molecule has 0 unspecified atom stereocenters. The molecule has 320 valence electrons. The Balaban J connectivity index is 0.915. The number of nitrogens with zero attached hydrogens (tertiary/aromatic N) is 4. The van der Waals surface area contributed by atoms with E-state index in [0.29, 0.717) is 117 Å². The molecule has 18 heteroatoms. The van der Waals surface area contributed by atoms with E-state index < -0.39 is 11.7 Å². The number of carbonyl (C=O) groups is 2. The Labute approximate surface area is 339 Å². The van der Waals surface area contributed by atoms with Gasteiger partial charge in [-0.3, -0.25) is 9.48 Å². The van der Waals surface area contributed by atoms with Gasteiger partial charge in [0.05, 0.1) is 104 Å². The predicted octanol–water partition coefficient (Wildman–Crippen LogP) is 4.35. The Morgan fingerprint density at radius 2 is 1.24 bits per heavy atom. The average Bonchev–Trinajstić information content (AvgIpc) is 3.87. The van der Waals surface area contributed by atoms with E-state index in [0.717, 1.165) is 40.9 Å². The summed E-state index contributed by atoms with van der Waals surface area (Å²) in [7, 11) is 0. The number of hydrogen-bond acceptors (Lipinski definition) is 14. The van der Waals surface area contributed by atoms with Crippen molar-refractivity contribution in [3.8, 4) is 11.3 Å². The first kappa shape index (κ1) is 46.0. The zero-order valence-electron chi connectivity index (χ0n) is 34.2. The number of ether oxygens (including phenoxy) is 8. The molecule has 0 atom stereocenters. The molecule has 0 bridgehead atoms. The lowest BCUT2D eigenvalue weighted by atomic mass is 10.2. The van der Waals surface area contributed by atoms with Gasteiger partial charge in [0.2, 0.25) is 5.95 Å². The quantitative estimate of drug-likeness (QED) is 0.0542. The molecule has 58 heavy (non-hydrogen) atoms. The van der Waals surface area contributed by atoms with Crippen LogP contribution in [0.2, 0.25) is 0 Å². The summed E-state index contributed by atoms with van der Waals surface area (Å²) < 4.78 is 45.5. The van der Waals surface area contributed by atoms with E-state index in [1.807, 2.05) is 62.2 Å². The van der Waals surface area contributed by atoms with E-state index in [1.54, 1.807) is 12.1 Å². The topological polar surface area (TPSA) is 203 Å². The lowest BCUT2D eigenvalue weighted by Gasteiger charge is -2.19. The highest BCUT2D eigenvalue weighted by molar-refractivity contribution is 5.94. The van der Waals surface area contributed by atoms with Crippen LogP contribution in [0.4, 0.5) is 16.4 Å². The highest BCUT2D eigenvalue weighted by Gasteiger charge is 2.16. The Hall–Kier alpha value is -4.69. The summed E-state index contributed by atoms with van der Waals surface area (Å²) in [4.78, 5) is 36.7. The normalized spacial score (nSPS) is 11.6. The van der Waals surface area contributed by atoms with Gasteiger partial charge < -0.3 is 58.8 Å². The van der Waals surface area contributed by atoms with Gasteiger partial charge in [-0.15, -0.1) is 0 Å². The van der Waals surface area contributed by atoms with Crippen LogP contribution in [0.3, 0.4) is 0 Å². The summed E-state index contributed by atoms with van der Waals surface area (Å²) in [5, 5.41) is 14.1. The first-order chi connectivity index (χ1) is 28.2. The molecular formula is C40H60N8O10. The average molecular weight is 813 g/mol. The van der Waals surface area contributed by atoms with Gasteiger partial charge in [-0.05, 0) is 57.5 Å². The predicted molar refractivity (Wildman–Crippen MR) is 217 cm³/mol. The third kappa shape index (κ3) is 18.3. The van der Waals surface area contributed by atoms with Crippen molar-refractivity contribution in [3.63, 3.8) is 0 Å². The molecule has 0 aliphatic rings. The van der Waals surface area contributed by atoms with Gasteiger partial charge in [-0.25, -0.2) is 9.78 Å². The molecule has 4 aromatic rings. The first-order valence-electron chi connectivity index (χ1n) is 19.8. The number of aromatic amines is 1. The summed E-state index contributed by atoms with van der Waals surface area (Å²) in [6.45, 7) is 15.3. The third-order valence-electron chi connectivity index (χ3n) is 7.86. The molecule has 1 aromatic carbocycles. The molecule has 3 heterocycles. The lowest BCUT2D eigenvalue weighted by molar-refractivity contribution is -0.0203. The molecular weight excluding hydrogens is 752 g/mol. The zero-order chi connectivity index (χ0) is 41.3. The number of aromatic nitrogens is 5. The van der Waals surface area contributed by atoms with Gasteiger partial charge in [0.25, 0.3) is 5.91 Å². The minimum absolute atomic E-state index is 0.192. The summed E-state index contributed by atoms with van der Waals surface area (Å²) in [5.41, 5.74) is 3.18. The fourth-order valence-electron chi connectivity index (χ4n) is 5.19. The number of fused-ring (bicyclic) bond motifs is 1. The van der Waals surface area contributed by atoms with Gasteiger partial charge in [-0.1, -0.05) is 6.92 Å². The lowest BCUT2D eigenvalue weighted by Crippen LogP contribution is -2.34. The van der Waals surface area contributed by atoms with Crippen LogP contribution in [0.1, 0.15) is 44.5 Å². The van der Waals surface area contributed by atoms with Crippen LogP contribution in [0.15, 0.2) is 48.9 Å². The fourth-order valence-corrected chi connectivity index (χ4v) is 5.19. The molecule has 0 spiro atoms. The van der Waals surface area contributed by atoms with Crippen molar-refractivity contribution in [2.75, 3.05) is 111 Å². The van der Waals surface area contributed by atoms with Crippen LogP contribution in [-0.2, 0) is 44.4 Å². The second kappa shape index (κ2) is 26.3. The smallest absolute Gasteiger partial charge is 0.407 e. The molecule has 0 aliphatic carbocycles. The highest BCUT2D eigenvalue weighted by Crippen LogP contribution is 2.27. The molecule has 3 aromatic heterocycles. The largest absolute Gasteiger partial charge is 0.444 e. The van der Waals surface area contributed by atoms with Crippen molar-refractivity contribution in [2.24, 2.45) is 0 Å². The Morgan fingerprint density at radius 1 is 0.707 bits per heavy atom. The second-order valence-electron chi connectivity index (χ2n) is 13.8. The van der Waals surface area contributed by atoms with Crippen LogP contribution in [0.25, 0.3) is 22.3 Å².